The van der Waals surface area contributed by atoms with Crippen LogP contribution >= 0.6 is 11.3 Å². The molecule has 3 nitrogen and oxygen atoms in total. The minimum Gasteiger partial charge on any atom is -0.345 e. The van der Waals surface area contributed by atoms with Gasteiger partial charge in [-0.15, -0.1) is 0 Å². The number of thiazole rings is 1. The third-order valence-electron chi connectivity index (χ3n) is 3.78. The number of rotatable bonds is 3. The van der Waals surface area contributed by atoms with Crippen LogP contribution in [0.5, 0.6) is 0 Å². The highest BCUT2D eigenvalue weighted by molar-refractivity contribution is 7.17. The molecule has 0 aromatic carbocycles. The number of nitrogens with zero attached hydrogens (tertiary/aromatic N) is 2. The lowest BCUT2D eigenvalue weighted by Crippen LogP contribution is -2.42. The summed E-state index contributed by atoms with van der Waals surface area (Å²) in [5, 5.41) is 1.03. The Labute approximate surface area is 107 Å². The van der Waals surface area contributed by atoms with E-state index in [-0.39, 0.29) is 0 Å². The van der Waals surface area contributed by atoms with E-state index in [1.807, 2.05) is 6.92 Å². The molecular formula is C13H20N2OS. The number of aryl methyl sites for hydroxylation is 1. The van der Waals surface area contributed by atoms with Gasteiger partial charge in [-0.3, -0.25) is 4.79 Å². The fraction of sp³-hybridized carbons (Fsp3) is 0.692. The Morgan fingerprint density at radius 3 is 2.88 bits per heavy atom. The van der Waals surface area contributed by atoms with Crippen molar-refractivity contribution in [3.8, 4) is 0 Å². The molecule has 4 heteroatoms. The van der Waals surface area contributed by atoms with E-state index in [0.717, 1.165) is 35.0 Å². The quantitative estimate of drug-likeness (QED) is 0.775. The summed E-state index contributed by atoms with van der Waals surface area (Å²) in [7, 11) is 0. The summed E-state index contributed by atoms with van der Waals surface area (Å²) in [5.41, 5.74) is 0.949. The van der Waals surface area contributed by atoms with E-state index >= 15 is 0 Å². The van der Waals surface area contributed by atoms with Gasteiger partial charge in [0.05, 0.1) is 10.6 Å². The molecule has 0 amide bonds. The first kappa shape index (κ1) is 12.6. The maximum atomic E-state index is 11.0. The highest BCUT2D eigenvalue weighted by atomic mass is 32.1. The van der Waals surface area contributed by atoms with Gasteiger partial charge < -0.3 is 4.90 Å². The second kappa shape index (κ2) is 5.17. The molecule has 0 saturated carbocycles. The second-order valence-corrected chi connectivity index (χ2v) is 5.84. The monoisotopic (exact) mass is 252 g/mol. The van der Waals surface area contributed by atoms with Crippen LogP contribution < -0.4 is 4.90 Å². The SMILES string of the molecule is CCc1nc(N2CCCC(C)C2C)sc1C=O. The van der Waals surface area contributed by atoms with Gasteiger partial charge in [-0.05, 0) is 32.1 Å². The molecule has 94 valence electrons. The molecule has 2 unspecified atom stereocenters. The van der Waals surface area contributed by atoms with E-state index in [0.29, 0.717) is 12.0 Å². The number of hydrogen-bond donors (Lipinski definition) is 0. The summed E-state index contributed by atoms with van der Waals surface area (Å²) in [6.07, 6.45) is 4.30. The molecule has 1 fully saturated rings. The van der Waals surface area contributed by atoms with Crippen molar-refractivity contribution in [3.05, 3.63) is 10.6 Å². The van der Waals surface area contributed by atoms with E-state index in [1.54, 1.807) is 11.3 Å². The number of carbonyl (C=O) groups is 1. The van der Waals surface area contributed by atoms with E-state index in [2.05, 4.69) is 23.7 Å². The first-order valence-corrected chi connectivity index (χ1v) is 7.20. The predicted octanol–water partition coefficient (Wildman–Crippen LogP) is 3.14. The van der Waals surface area contributed by atoms with E-state index < -0.39 is 0 Å². The van der Waals surface area contributed by atoms with Crippen LogP contribution in [-0.2, 0) is 6.42 Å². The van der Waals surface area contributed by atoms with Gasteiger partial charge in [0.25, 0.3) is 0 Å². The zero-order chi connectivity index (χ0) is 12.4. The first-order valence-electron chi connectivity index (χ1n) is 6.38. The fourth-order valence-corrected chi connectivity index (χ4v) is 3.51. The van der Waals surface area contributed by atoms with E-state index in [9.17, 15) is 4.79 Å². The van der Waals surface area contributed by atoms with Crippen LogP contribution in [0.15, 0.2) is 0 Å². The van der Waals surface area contributed by atoms with Gasteiger partial charge in [0, 0.05) is 12.6 Å². The van der Waals surface area contributed by atoms with E-state index in [4.69, 9.17) is 0 Å². The van der Waals surface area contributed by atoms with Crippen molar-refractivity contribution in [3.63, 3.8) is 0 Å². The Kier molecular flexibility index (Phi) is 3.82. The summed E-state index contributed by atoms with van der Waals surface area (Å²) < 4.78 is 0. The van der Waals surface area contributed by atoms with Crippen LogP contribution in [0.25, 0.3) is 0 Å². The van der Waals surface area contributed by atoms with Crippen LogP contribution in [0.1, 0.15) is 49.0 Å². The van der Waals surface area contributed by atoms with Crippen molar-refractivity contribution >= 4 is 22.8 Å². The van der Waals surface area contributed by atoms with Crippen LogP contribution in [0.4, 0.5) is 5.13 Å². The number of hydrogen-bond acceptors (Lipinski definition) is 4. The van der Waals surface area contributed by atoms with Crippen molar-refractivity contribution in [2.24, 2.45) is 5.92 Å². The lowest BCUT2D eigenvalue weighted by Gasteiger charge is -2.37. The standard InChI is InChI=1S/C13H20N2OS/c1-4-11-12(8-16)17-13(14-11)15-7-5-6-9(2)10(15)3/h8-10H,4-7H2,1-3H3. The second-order valence-electron chi connectivity index (χ2n) is 4.83. The van der Waals surface area contributed by atoms with Gasteiger partial charge in [0.15, 0.2) is 11.4 Å². The largest absolute Gasteiger partial charge is 0.345 e. The predicted molar refractivity (Wildman–Crippen MR) is 72.1 cm³/mol. The Balaban J connectivity index is 2.26. The average molecular weight is 252 g/mol. The molecule has 17 heavy (non-hydrogen) atoms. The Bertz CT molecular complexity index is 402. The van der Waals surface area contributed by atoms with Crippen molar-refractivity contribution in [2.45, 2.75) is 46.1 Å². The average Bonchev–Trinajstić information content (AvgIpc) is 2.75. The number of anilines is 1. The number of aromatic nitrogens is 1. The van der Waals surface area contributed by atoms with Gasteiger partial charge in [-0.25, -0.2) is 4.98 Å². The molecule has 1 aromatic rings. The molecule has 1 aromatic heterocycles. The van der Waals surface area contributed by atoms with Gasteiger partial charge in [-0.2, -0.15) is 0 Å². The molecule has 2 rings (SSSR count). The summed E-state index contributed by atoms with van der Waals surface area (Å²) >= 11 is 1.54. The molecule has 1 aliphatic heterocycles. The zero-order valence-corrected chi connectivity index (χ0v) is 11.6. The van der Waals surface area contributed by atoms with Crippen molar-refractivity contribution in [1.82, 2.24) is 4.98 Å². The Morgan fingerprint density at radius 2 is 2.29 bits per heavy atom. The van der Waals surface area contributed by atoms with E-state index in [1.165, 1.54) is 12.8 Å². The molecule has 2 atom stereocenters. The Hall–Kier alpha value is -0.900. The fourth-order valence-electron chi connectivity index (χ4n) is 2.42. The van der Waals surface area contributed by atoms with Crippen molar-refractivity contribution in [2.75, 3.05) is 11.4 Å². The van der Waals surface area contributed by atoms with Gasteiger partial charge in [-0.1, -0.05) is 25.2 Å². The van der Waals surface area contributed by atoms with Crippen LogP contribution in [-0.4, -0.2) is 23.9 Å². The summed E-state index contributed by atoms with van der Waals surface area (Å²) in [5.74, 6) is 0.706. The number of piperidine rings is 1. The molecule has 1 aliphatic rings. The maximum absolute atomic E-state index is 11.0. The topological polar surface area (TPSA) is 33.2 Å². The third kappa shape index (κ3) is 2.37. The van der Waals surface area contributed by atoms with Gasteiger partial charge >= 0.3 is 0 Å². The normalized spacial score (nSPS) is 25.0. The number of carbonyl (C=O) groups excluding carboxylic acids is 1. The number of aldehydes is 1. The smallest absolute Gasteiger partial charge is 0.186 e. The lowest BCUT2D eigenvalue weighted by atomic mass is 9.93. The molecule has 0 radical (unpaired) electrons. The third-order valence-corrected chi connectivity index (χ3v) is 4.84. The minimum atomic E-state index is 0.527. The van der Waals surface area contributed by atoms with Gasteiger partial charge in [0.2, 0.25) is 0 Å². The van der Waals surface area contributed by atoms with Crippen LogP contribution in [0.2, 0.25) is 0 Å². The minimum absolute atomic E-state index is 0.527. The molecule has 0 spiro atoms. The molecule has 0 bridgehead atoms. The lowest BCUT2D eigenvalue weighted by molar-refractivity contribution is 0.112. The highest BCUT2D eigenvalue weighted by Crippen LogP contribution is 2.32. The summed E-state index contributed by atoms with van der Waals surface area (Å²) in [4.78, 5) is 18.8. The maximum Gasteiger partial charge on any atom is 0.186 e. The Morgan fingerprint density at radius 1 is 1.53 bits per heavy atom. The molecule has 0 aliphatic carbocycles. The molecule has 0 N–H and O–H groups in total. The molecule has 1 saturated heterocycles. The first-order chi connectivity index (χ1) is 8.17. The van der Waals surface area contributed by atoms with Crippen LogP contribution in [0.3, 0.4) is 0 Å². The molecule has 2 heterocycles. The van der Waals surface area contributed by atoms with Crippen LogP contribution in [0, 0.1) is 5.92 Å². The van der Waals surface area contributed by atoms with Crippen molar-refractivity contribution < 1.29 is 4.79 Å². The van der Waals surface area contributed by atoms with Crippen molar-refractivity contribution in [1.29, 1.82) is 0 Å². The van der Waals surface area contributed by atoms with Gasteiger partial charge in [0.1, 0.15) is 0 Å². The highest BCUT2D eigenvalue weighted by Gasteiger charge is 2.27. The summed E-state index contributed by atoms with van der Waals surface area (Å²) in [6, 6.07) is 0.527. The summed E-state index contributed by atoms with van der Waals surface area (Å²) in [6.45, 7) is 7.68. The molecular weight excluding hydrogens is 232 g/mol. The zero-order valence-electron chi connectivity index (χ0n) is 10.8.